The molecule has 0 heterocycles. The molecule has 6 heteroatoms. The molecule has 0 saturated heterocycles. The number of rotatable bonds is 54. The summed E-state index contributed by atoms with van der Waals surface area (Å²) in [6, 6.07) is -0.637. The zero-order valence-electron chi connectivity index (χ0n) is 43.7. The van der Waals surface area contributed by atoms with Crippen LogP contribution in [0.25, 0.3) is 0 Å². The van der Waals surface area contributed by atoms with Crippen molar-refractivity contribution < 1.29 is 24.5 Å². The first-order chi connectivity index (χ1) is 32.0. The van der Waals surface area contributed by atoms with Gasteiger partial charge in [-0.25, -0.2) is 0 Å². The molecule has 65 heavy (non-hydrogen) atoms. The number of nitrogens with one attached hydrogen (secondary N) is 1. The number of carbonyl (C=O) groups is 2. The van der Waals surface area contributed by atoms with Gasteiger partial charge in [0.15, 0.2) is 0 Å². The van der Waals surface area contributed by atoms with Gasteiger partial charge in [0.1, 0.15) is 0 Å². The third-order valence-electron chi connectivity index (χ3n) is 13.5. The topological polar surface area (TPSA) is 95.9 Å². The van der Waals surface area contributed by atoms with Gasteiger partial charge >= 0.3 is 5.97 Å². The SMILES string of the molecule is CCCCCCCCCCCCCCCCCCC/C=C/C(O)C(CO)NC(=O)CCCCCCCCC/C=C\CCCCCCCCOC(=O)CCCCCCCCCCCCCC. The number of hydrogen-bond acceptors (Lipinski definition) is 5. The summed E-state index contributed by atoms with van der Waals surface area (Å²) in [5, 5.41) is 23.1. The molecule has 2 atom stereocenters. The first-order valence-corrected chi connectivity index (χ1v) is 29.1. The van der Waals surface area contributed by atoms with Gasteiger partial charge in [-0.1, -0.05) is 269 Å². The first kappa shape index (κ1) is 63.3. The van der Waals surface area contributed by atoms with E-state index in [0.717, 1.165) is 57.8 Å². The Morgan fingerprint density at radius 2 is 0.723 bits per heavy atom. The van der Waals surface area contributed by atoms with E-state index < -0.39 is 12.1 Å². The Morgan fingerprint density at radius 3 is 1.09 bits per heavy atom. The van der Waals surface area contributed by atoms with E-state index in [9.17, 15) is 19.8 Å². The number of hydrogen-bond donors (Lipinski definition) is 3. The van der Waals surface area contributed by atoms with Crippen LogP contribution in [-0.4, -0.2) is 47.4 Å². The highest BCUT2D eigenvalue weighted by Gasteiger charge is 2.18. The van der Waals surface area contributed by atoms with Gasteiger partial charge in [0.25, 0.3) is 0 Å². The van der Waals surface area contributed by atoms with E-state index in [4.69, 9.17) is 4.74 Å². The van der Waals surface area contributed by atoms with E-state index in [-0.39, 0.29) is 18.5 Å². The molecule has 0 aromatic carbocycles. The molecule has 0 aliphatic heterocycles. The molecular formula is C59H113NO5. The van der Waals surface area contributed by atoms with Crippen molar-refractivity contribution in [1.82, 2.24) is 5.32 Å². The fourth-order valence-electron chi connectivity index (χ4n) is 8.98. The minimum atomic E-state index is -0.852. The molecule has 0 radical (unpaired) electrons. The van der Waals surface area contributed by atoms with Crippen LogP contribution in [0.4, 0.5) is 0 Å². The number of esters is 1. The summed E-state index contributed by atoms with van der Waals surface area (Å²) in [6.07, 6.45) is 66.2. The molecule has 0 aromatic rings. The lowest BCUT2D eigenvalue weighted by molar-refractivity contribution is -0.143. The summed E-state index contributed by atoms with van der Waals surface area (Å²) in [7, 11) is 0. The van der Waals surface area contributed by atoms with Crippen molar-refractivity contribution in [2.75, 3.05) is 13.2 Å². The van der Waals surface area contributed by atoms with Gasteiger partial charge < -0.3 is 20.3 Å². The zero-order chi connectivity index (χ0) is 47.2. The van der Waals surface area contributed by atoms with E-state index in [2.05, 4.69) is 31.3 Å². The molecule has 0 aliphatic carbocycles. The van der Waals surface area contributed by atoms with E-state index in [1.54, 1.807) is 6.08 Å². The van der Waals surface area contributed by atoms with Crippen LogP contribution in [0.5, 0.6) is 0 Å². The minimum Gasteiger partial charge on any atom is -0.466 e. The monoisotopic (exact) mass is 916 g/mol. The van der Waals surface area contributed by atoms with Gasteiger partial charge in [0.05, 0.1) is 25.4 Å². The molecular weight excluding hydrogens is 803 g/mol. The Hall–Kier alpha value is -1.66. The van der Waals surface area contributed by atoms with E-state index >= 15 is 0 Å². The molecule has 0 rings (SSSR count). The van der Waals surface area contributed by atoms with Gasteiger partial charge in [-0.05, 0) is 57.8 Å². The van der Waals surface area contributed by atoms with Crippen LogP contribution >= 0.6 is 0 Å². The summed E-state index contributed by atoms with van der Waals surface area (Å²) in [6.45, 7) is 4.90. The molecule has 0 aliphatic rings. The molecule has 2 unspecified atom stereocenters. The molecule has 0 fully saturated rings. The number of amides is 1. The van der Waals surface area contributed by atoms with Crippen molar-refractivity contribution in [3.63, 3.8) is 0 Å². The third kappa shape index (κ3) is 51.6. The first-order valence-electron chi connectivity index (χ1n) is 29.1. The summed E-state index contributed by atoms with van der Waals surface area (Å²) in [5.74, 6) is -0.0796. The second-order valence-corrected chi connectivity index (χ2v) is 20.0. The number of ether oxygens (including phenoxy) is 1. The van der Waals surface area contributed by atoms with Crippen LogP contribution in [0.15, 0.2) is 24.3 Å². The maximum absolute atomic E-state index is 12.5. The second-order valence-electron chi connectivity index (χ2n) is 20.0. The summed E-state index contributed by atoms with van der Waals surface area (Å²) < 4.78 is 5.46. The van der Waals surface area contributed by atoms with Crippen molar-refractivity contribution in [3.05, 3.63) is 24.3 Å². The van der Waals surface area contributed by atoms with Crippen LogP contribution in [-0.2, 0) is 14.3 Å². The number of aliphatic hydroxyl groups excluding tert-OH is 2. The fourth-order valence-corrected chi connectivity index (χ4v) is 8.98. The maximum Gasteiger partial charge on any atom is 0.305 e. The summed E-state index contributed by atoms with van der Waals surface area (Å²) >= 11 is 0. The van der Waals surface area contributed by atoms with Gasteiger partial charge in [0, 0.05) is 12.8 Å². The van der Waals surface area contributed by atoms with Crippen molar-refractivity contribution in [3.8, 4) is 0 Å². The third-order valence-corrected chi connectivity index (χ3v) is 13.5. The second kappa shape index (κ2) is 54.9. The van der Waals surface area contributed by atoms with Crippen molar-refractivity contribution in [2.45, 2.75) is 328 Å². The lowest BCUT2D eigenvalue weighted by Gasteiger charge is -2.20. The van der Waals surface area contributed by atoms with E-state index in [0.29, 0.717) is 19.4 Å². The van der Waals surface area contributed by atoms with Gasteiger partial charge in [0.2, 0.25) is 5.91 Å². The van der Waals surface area contributed by atoms with E-state index in [1.807, 2.05) is 6.08 Å². The lowest BCUT2D eigenvalue weighted by Crippen LogP contribution is -2.45. The van der Waals surface area contributed by atoms with Crippen LogP contribution < -0.4 is 5.32 Å². The van der Waals surface area contributed by atoms with Crippen LogP contribution in [0.2, 0.25) is 0 Å². The molecule has 0 bridgehead atoms. The van der Waals surface area contributed by atoms with Gasteiger partial charge in [-0.3, -0.25) is 9.59 Å². The Balaban J connectivity index is 3.49. The fraction of sp³-hybridized carbons (Fsp3) is 0.898. The van der Waals surface area contributed by atoms with Crippen molar-refractivity contribution in [2.24, 2.45) is 0 Å². The molecule has 384 valence electrons. The number of unbranched alkanes of at least 4 members (excludes halogenated alkanes) is 41. The number of aliphatic hydroxyl groups is 2. The predicted octanol–water partition coefficient (Wildman–Crippen LogP) is 17.9. The molecule has 0 saturated carbocycles. The van der Waals surface area contributed by atoms with Crippen molar-refractivity contribution in [1.29, 1.82) is 0 Å². The Kier molecular flexibility index (Phi) is 53.5. The quantitative estimate of drug-likeness (QED) is 0.0321. The zero-order valence-corrected chi connectivity index (χ0v) is 43.7. The van der Waals surface area contributed by atoms with Crippen LogP contribution in [0, 0.1) is 0 Å². The smallest absolute Gasteiger partial charge is 0.305 e. The largest absolute Gasteiger partial charge is 0.466 e. The number of carbonyl (C=O) groups excluding carboxylic acids is 2. The molecule has 3 N–H and O–H groups in total. The average molecular weight is 917 g/mol. The summed E-state index contributed by atoms with van der Waals surface area (Å²) in [5.41, 5.74) is 0. The minimum absolute atomic E-state index is 0.00182. The molecule has 0 aromatic heterocycles. The predicted molar refractivity (Wildman–Crippen MR) is 283 cm³/mol. The Labute approximate surface area is 405 Å². The van der Waals surface area contributed by atoms with Crippen molar-refractivity contribution >= 4 is 11.9 Å². The number of allylic oxidation sites excluding steroid dienone is 3. The average Bonchev–Trinajstić information content (AvgIpc) is 3.31. The maximum atomic E-state index is 12.5. The Bertz CT molecular complexity index is 1010. The van der Waals surface area contributed by atoms with Crippen LogP contribution in [0.3, 0.4) is 0 Å². The molecule has 0 spiro atoms. The standard InChI is InChI=1S/C59H113NO5/c1-3-5-7-9-11-13-15-17-18-19-20-22-25-28-31-35-39-43-47-51-57(62)56(55-61)60-58(63)52-48-44-40-36-32-29-26-23-21-24-27-30-34-38-42-46-50-54-65-59(64)53-49-45-41-37-33-16-14-12-10-8-6-4-2/h21,24,47,51,56-57,61-62H,3-20,22-23,25-46,48-50,52-55H2,1-2H3,(H,60,63)/b24-21-,51-47+. The normalized spacial score (nSPS) is 12.7. The van der Waals surface area contributed by atoms with Gasteiger partial charge in [-0.2, -0.15) is 0 Å². The lowest BCUT2D eigenvalue weighted by atomic mass is 10.0. The molecule has 6 nitrogen and oxygen atoms in total. The Morgan fingerprint density at radius 1 is 0.415 bits per heavy atom. The highest BCUT2D eigenvalue weighted by Crippen LogP contribution is 2.17. The highest BCUT2D eigenvalue weighted by atomic mass is 16.5. The molecule has 1 amide bonds. The van der Waals surface area contributed by atoms with E-state index in [1.165, 1.54) is 231 Å². The summed E-state index contributed by atoms with van der Waals surface area (Å²) in [4.78, 5) is 24.5. The van der Waals surface area contributed by atoms with Gasteiger partial charge in [-0.15, -0.1) is 0 Å². The highest BCUT2D eigenvalue weighted by molar-refractivity contribution is 5.76. The van der Waals surface area contributed by atoms with Crippen LogP contribution in [0.1, 0.15) is 316 Å².